The van der Waals surface area contributed by atoms with Gasteiger partial charge in [-0.15, -0.1) is 4.40 Å². The lowest BCUT2D eigenvalue weighted by Gasteiger charge is -2.28. The van der Waals surface area contributed by atoms with Crippen LogP contribution in [0.4, 0.5) is 5.69 Å². The number of methoxy groups -OCH3 is 1. The Kier molecular flexibility index (Phi) is 5.87. The molecule has 0 fully saturated rings. The number of benzene rings is 1. The van der Waals surface area contributed by atoms with E-state index in [1.165, 1.54) is 13.2 Å². The van der Waals surface area contributed by atoms with E-state index in [4.69, 9.17) is 15.2 Å². The second kappa shape index (κ2) is 8.67. The normalized spacial score (nSPS) is 14.4. The van der Waals surface area contributed by atoms with E-state index >= 15 is 0 Å². The fourth-order valence-electron chi connectivity index (χ4n) is 3.27. The molecule has 1 aromatic carbocycles. The molecule has 1 aliphatic rings. The maximum atomic E-state index is 13.0. The number of rotatable bonds is 7. The van der Waals surface area contributed by atoms with Crippen LogP contribution in [-0.2, 0) is 10.2 Å². The molecule has 0 spiro atoms. The van der Waals surface area contributed by atoms with E-state index in [0.29, 0.717) is 22.7 Å². The number of pyridine rings is 1. The van der Waals surface area contributed by atoms with Crippen LogP contribution in [0.2, 0.25) is 0 Å². The highest BCUT2D eigenvalue weighted by Gasteiger charge is 2.27. The molecule has 0 radical (unpaired) electrons. The van der Waals surface area contributed by atoms with Gasteiger partial charge in [0, 0.05) is 24.0 Å². The summed E-state index contributed by atoms with van der Waals surface area (Å²) in [5.74, 6) is 0.542. The molecule has 34 heavy (non-hydrogen) atoms. The first-order valence-corrected chi connectivity index (χ1v) is 11.5. The van der Waals surface area contributed by atoms with Crippen LogP contribution in [-0.4, -0.2) is 54.0 Å². The van der Waals surface area contributed by atoms with Gasteiger partial charge < -0.3 is 20.5 Å². The molecular weight excluding hydrogens is 462 g/mol. The number of amidine groups is 1. The first kappa shape index (κ1) is 23.0. The van der Waals surface area contributed by atoms with Crippen molar-refractivity contribution in [2.75, 3.05) is 18.4 Å². The lowest BCUT2D eigenvalue weighted by Crippen LogP contribution is -2.48. The Hall–Kier alpha value is -4.13. The molecule has 1 aliphatic heterocycles. The Morgan fingerprint density at radius 2 is 2.09 bits per heavy atom. The number of anilines is 1. The topological polar surface area (TPSA) is 163 Å². The van der Waals surface area contributed by atoms with E-state index < -0.39 is 15.7 Å². The summed E-state index contributed by atoms with van der Waals surface area (Å²) < 4.78 is 42.1. The van der Waals surface area contributed by atoms with Crippen molar-refractivity contribution in [3.63, 3.8) is 0 Å². The number of fused-ring (bicyclic) bond motifs is 1. The zero-order chi connectivity index (χ0) is 24.5. The van der Waals surface area contributed by atoms with E-state index in [9.17, 15) is 13.2 Å². The highest BCUT2D eigenvalue weighted by Crippen LogP contribution is 2.31. The molecule has 178 valence electrons. The maximum Gasteiger partial charge on any atom is 0.344 e. The largest absolute Gasteiger partial charge is 0.490 e. The van der Waals surface area contributed by atoms with Gasteiger partial charge in [0.25, 0.3) is 5.91 Å². The fourth-order valence-corrected chi connectivity index (χ4v) is 4.11. The molecule has 3 aromatic rings. The van der Waals surface area contributed by atoms with Crippen LogP contribution in [0.3, 0.4) is 0 Å². The SMILES string of the molecule is COc1cc(C(=O)NC(C)(C)COc2cccc3c2C(N)=NS(=O)(=O)N3)cc(-n2ccnc2)n1. The molecule has 1 amide bonds. The van der Waals surface area contributed by atoms with Gasteiger partial charge in [0.2, 0.25) is 5.88 Å². The number of nitrogens with one attached hydrogen (secondary N) is 2. The van der Waals surface area contributed by atoms with Crippen LogP contribution in [0.25, 0.3) is 5.82 Å². The Labute approximate surface area is 196 Å². The van der Waals surface area contributed by atoms with Gasteiger partial charge in [-0.2, -0.15) is 13.4 Å². The third-order valence-corrected chi connectivity index (χ3v) is 5.72. The fraction of sp³-hybridized carbons (Fsp3) is 0.238. The summed E-state index contributed by atoms with van der Waals surface area (Å²) in [5, 5.41) is 2.93. The van der Waals surface area contributed by atoms with E-state index in [2.05, 4.69) is 24.4 Å². The second-order valence-electron chi connectivity index (χ2n) is 8.09. The molecular formula is C21H23N7O5S. The van der Waals surface area contributed by atoms with E-state index in [1.54, 1.807) is 61.4 Å². The number of ether oxygens (including phenoxy) is 2. The summed E-state index contributed by atoms with van der Waals surface area (Å²) in [6, 6.07) is 7.98. The Morgan fingerprint density at radius 1 is 1.29 bits per heavy atom. The van der Waals surface area contributed by atoms with Gasteiger partial charge in [-0.1, -0.05) is 6.07 Å². The van der Waals surface area contributed by atoms with Crippen LogP contribution in [0.5, 0.6) is 11.6 Å². The minimum atomic E-state index is -3.90. The van der Waals surface area contributed by atoms with Crippen molar-refractivity contribution in [3.05, 3.63) is 60.2 Å². The van der Waals surface area contributed by atoms with Gasteiger partial charge in [-0.05, 0) is 32.0 Å². The monoisotopic (exact) mass is 485 g/mol. The molecule has 0 unspecified atom stereocenters. The quantitative estimate of drug-likeness (QED) is 0.450. The first-order valence-electron chi connectivity index (χ1n) is 10.1. The Balaban J connectivity index is 1.51. The molecule has 3 heterocycles. The highest BCUT2D eigenvalue weighted by molar-refractivity contribution is 7.91. The van der Waals surface area contributed by atoms with Gasteiger partial charge in [0.1, 0.15) is 24.5 Å². The standard InChI is InChI=1S/C21H23N7O5S/c1-21(2,11-33-15-6-4-5-14-18(15)19(22)27-34(30,31)26-14)25-20(29)13-9-16(24-17(10-13)32-3)28-8-7-23-12-28/h4-10,12,26H,11H2,1-3H3,(H2,22,27)(H,25,29). The zero-order valence-electron chi connectivity index (χ0n) is 18.6. The van der Waals surface area contributed by atoms with Gasteiger partial charge in [-0.3, -0.25) is 14.1 Å². The summed E-state index contributed by atoms with van der Waals surface area (Å²) >= 11 is 0. The minimum absolute atomic E-state index is 0.0613. The number of carbonyl (C=O) groups is 1. The van der Waals surface area contributed by atoms with Gasteiger partial charge >= 0.3 is 10.2 Å². The molecule has 0 aliphatic carbocycles. The number of imidazole rings is 1. The number of hydrogen-bond acceptors (Lipinski definition) is 8. The number of carbonyl (C=O) groups excluding carboxylic acids is 1. The minimum Gasteiger partial charge on any atom is -0.490 e. The van der Waals surface area contributed by atoms with Crippen molar-refractivity contribution in [3.8, 4) is 17.4 Å². The molecule has 4 rings (SSSR count). The van der Waals surface area contributed by atoms with Crippen molar-refractivity contribution in [2.24, 2.45) is 10.1 Å². The number of nitrogens with two attached hydrogens (primary N) is 1. The lowest BCUT2D eigenvalue weighted by molar-refractivity contribution is 0.0880. The maximum absolute atomic E-state index is 13.0. The van der Waals surface area contributed by atoms with Crippen molar-refractivity contribution < 1.29 is 22.7 Å². The number of amides is 1. The summed E-state index contributed by atoms with van der Waals surface area (Å²) in [7, 11) is -2.43. The summed E-state index contributed by atoms with van der Waals surface area (Å²) in [5.41, 5.74) is 5.99. The van der Waals surface area contributed by atoms with Crippen molar-refractivity contribution in [1.82, 2.24) is 19.9 Å². The molecule has 0 saturated carbocycles. The van der Waals surface area contributed by atoms with Crippen LogP contribution in [0.15, 0.2) is 53.5 Å². The molecule has 12 nitrogen and oxygen atoms in total. The van der Waals surface area contributed by atoms with E-state index in [-0.39, 0.29) is 29.9 Å². The van der Waals surface area contributed by atoms with Gasteiger partial charge in [-0.25, -0.2) is 4.98 Å². The van der Waals surface area contributed by atoms with Crippen LogP contribution in [0.1, 0.15) is 29.8 Å². The Bertz CT molecular complexity index is 1370. The predicted molar refractivity (Wildman–Crippen MR) is 125 cm³/mol. The number of hydrogen-bond donors (Lipinski definition) is 3. The highest BCUT2D eigenvalue weighted by atomic mass is 32.2. The lowest BCUT2D eigenvalue weighted by atomic mass is 10.1. The predicted octanol–water partition coefficient (Wildman–Crippen LogP) is 1.24. The third-order valence-electron chi connectivity index (χ3n) is 4.81. The number of nitrogens with zero attached hydrogens (tertiary/aromatic N) is 4. The van der Waals surface area contributed by atoms with E-state index in [0.717, 1.165) is 0 Å². The molecule has 13 heteroatoms. The summed E-state index contributed by atoms with van der Waals surface area (Å²) in [4.78, 5) is 21.4. The van der Waals surface area contributed by atoms with Crippen LogP contribution < -0.4 is 25.2 Å². The molecule has 0 saturated heterocycles. The van der Waals surface area contributed by atoms with Gasteiger partial charge in [0.05, 0.1) is 23.9 Å². The summed E-state index contributed by atoms with van der Waals surface area (Å²) in [6.45, 7) is 3.64. The van der Waals surface area contributed by atoms with Gasteiger partial charge in [0.15, 0.2) is 5.84 Å². The first-order chi connectivity index (χ1) is 16.1. The Morgan fingerprint density at radius 3 is 2.79 bits per heavy atom. The molecule has 0 bridgehead atoms. The van der Waals surface area contributed by atoms with Crippen molar-refractivity contribution in [1.29, 1.82) is 0 Å². The van der Waals surface area contributed by atoms with Crippen molar-refractivity contribution in [2.45, 2.75) is 19.4 Å². The van der Waals surface area contributed by atoms with E-state index in [1.807, 2.05) is 0 Å². The smallest absolute Gasteiger partial charge is 0.344 e. The average Bonchev–Trinajstić information content (AvgIpc) is 3.31. The summed E-state index contributed by atoms with van der Waals surface area (Å²) in [6.07, 6.45) is 4.87. The second-order valence-corrected chi connectivity index (χ2v) is 9.42. The molecule has 4 N–H and O–H groups in total. The average molecular weight is 486 g/mol. The molecule has 2 aromatic heterocycles. The third kappa shape index (κ3) is 4.93. The zero-order valence-corrected chi connectivity index (χ0v) is 19.5. The van der Waals surface area contributed by atoms with Crippen LogP contribution >= 0.6 is 0 Å². The van der Waals surface area contributed by atoms with Crippen molar-refractivity contribution >= 4 is 27.6 Å². The van der Waals surface area contributed by atoms with Crippen LogP contribution in [0, 0.1) is 0 Å². The number of aromatic nitrogens is 3. The molecule has 0 atom stereocenters.